The standard InChI is InChI=1S/C15H22N4O3/c1-4-5-6-7-8-15(3,9(2)20)13-16-10-11(17-13)18-14(22)19-12(10)21/h4-8H2,1-3H3,(H3,16,17,18,19,21,22). The molecule has 1 unspecified atom stereocenters. The van der Waals surface area contributed by atoms with E-state index >= 15 is 0 Å². The molecule has 22 heavy (non-hydrogen) atoms. The average molecular weight is 306 g/mol. The van der Waals surface area contributed by atoms with Crippen molar-refractivity contribution in [1.29, 1.82) is 0 Å². The van der Waals surface area contributed by atoms with Gasteiger partial charge >= 0.3 is 5.69 Å². The molecule has 0 aromatic carbocycles. The van der Waals surface area contributed by atoms with Gasteiger partial charge in [-0.25, -0.2) is 9.78 Å². The first-order chi connectivity index (χ1) is 10.4. The Hall–Kier alpha value is -2.18. The molecule has 0 bridgehead atoms. The largest absolute Gasteiger partial charge is 0.335 e. The van der Waals surface area contributed by atoms with E-state index < -0.39 is 16.7 Å². The Bertz CT molecular complexity index is 786. The van der Waals surface area contributed by atoms with Crippen LogP contribution in [0.3, 0.4) is 0 Å². The SMILES string of the molecule is CCCCCCC(C)(C(C)=O)c1nc2[nH]c(=O)[nH]c(=O)c2[nH]1. The van der Waals surface area contributed by atoms with E-state index in [1.807, 2.05) is 6.92 Å². The number of nitrogens with zero attached hydrogens (tertiary/aromatic N) is 1. The van der Waals surface area contributed by atoms with Crippen LogP contribution in [0.15, 0.2) is 9.59 Å². The highest BCUT2D eigenvalue weighted by molar-refractivity contribution is 5.87. The molecule has 2 aromatic rings. The van der Waals surface area contributed by atoms with Crippen LogP contribution in [-0.4, -0.2) is 25.7 Å². The predicted octanol–water partition coefficient (Wildman–Crippen LogP) is 1.76. The molecule has 1 atom stereocenters. The third-order valence-electron chi connectivity index (χ3n) is 4.22. The van der Waals surface area contributed by atoms with Gasteiger partial charge in [-0.3, -0.25) is 19.6 Å². The number of imidazole rings is 1. The molecule has 7 nitrogen and oxygen atoms in total. The van der Waals surface area contributed by atoms with E-state index in [9.17, 15) is 14.4 Å². The number of carbonyl (C=O) groups excluding carboxylic acids is 1. The lowest BCUT2D eigenvalue weighted by molar-refractivity contribution is -0.122. The minimum atomic E-state index is -0.782. The number of Topliss-reactive ketones (excluding diaryl/α,β-unsaturated/α-hetero) is 1. The normalized spacial score (nSPS) is 14.1. The van der Waals surface area contributed by atoms with Gasteiger partial charge in [0.05, 0.1) is 5.41 Å². The Morgan fingerprint density at radius 1 is 1.14 bits per heavy atom. The summed E-state index contributed by atoms with van der Waals surface area (Å²) in [6.45, 7) is 5.48. The lowest BCUT2D eigenvalue weighted by Crippen LogP contribution is -2.32. The van der Waals surface area contributed by atoms with Gasteiger partial charge < -0.3 is 4.98 Å². The highest BCUT2D eigenvalue weighted by atomic mass is 16.2. The number of hydrogen-bond donors (Lipinski definition) is 3. The second kappa shape index (κ2) is 6.29. The maximum atomic E-state index is 12.1. The minimum absolute atomic E-state index is 0.0122. The topological polar surface area (TPSA) is 111 Å². The first-order valence-electron chi connectivity index (χ1n) is 7.62. The molecular formula is C15H22N4O3. The summed E-state index contributed by atoms with van der Waals surface area (Å²) in [4.78, 5) is 47.0. The molecule has 2 rings (SSSR count). The van der Waals surface area contributed by atoms with Crippen LogP contribution in [0.25, 0.3) is 11.2 Å². The van der Waals surface area contributed by atoms with Gasteiger partial charge in [-0.1, -0.05) is 32.6 Å². The second-order valence-electron chi connectivity index (χ2n) is 5.92. The van der Waals surface area contributed by atoms with Gasteiger partial charge in [0.2, 0.25) is 0 Å². The molecule has 0 spiro atoms. The van der Waals surface area contributed by atoms with Crippen molar-refractivity contribution in [3.8, 4) is 0 Å². The lowest BCUT2D eigenvalue weighted by Gasteiger charge is -2.24. The minimum Gasteiger partial charge on any atom is -0.335 e. The first-order valence-corrected chi connectivity index (χ1v) is 7.62. The summed E-state index contributed by atoms with van der Waals surface area (Å²) in [5.41, 5.74) is -1.55. The van der Waals surface area contributed by atoms with Gasteiger partial charge in [0.15, 0.2) is 5.65 Å². The van der Waals surface area contributed by atoms with Crippen LogP contribution in [0.1, 0.15) is 58.7 Å². The van der Waals surface area contributed by atoms with Gasteiger partial charge in [-0.2, -0.15) is 0 Å². The second-order valence-corrected chi connectivity index (χ2v) is 5.92. The summed E-state index contributed by atoms with van der Waals surface area (Å²) in [7, 11) is 0. The van der Waals surface area contributed by atoms with Crippen LogP contribution in [0.4, 0.5) is 0 Å². The molecule has 2 heterocycles. The highest BCUT2D eigenvalue weighted by Crippen LogP contribution is 2.29. The van der Waals surface area contributed by atoms with E-state index in [1.165, 1.54) is 6.92 Å². The zero-order chi connectivity index (χ0) is 16.3. The van der Waals surface area contributed by atoms with Crippen molar-refractivity contribution >= 4 is 16.9 Å². The average Bonchev–Trinajstić information content (AvgIpc) is 2.87. The summed E-state index contributed by atoms with van der Waals surface area (Å²) in [6, 6.07) is 0. The number of rotatable bonds is 7. The van der Waals surface area contributed by atoms with Crippen LogP contribution >= 0.6 is 0 Å². The first kappa shape index (κ1) is 16.2. The van der Waals surface area contributed by atoms with Gasteiger partial charge in [-0.05, 0) is 20.3 Å². The Kier molecular flexibility index (Phi) is 4.63. The summed E-state index contributed by atoms with van der Waals surface area (Å²) in [6.07, 6.45) is 4.87. The van der Waals surface area contributed by atoms with Crippen molar-refractivity contribution in [2.24, 2.45) is 0 Å². The van der Waals surface area contributed by atoms with Crippen molar-refractivity contribution in [2.45, 2.75) is 58.3 Å². The number of aromatic nitrogens is 4. The quantitative estimate of drug-likeness (QED) is 0.677. The summed E-state index contributed by atoms with van der Waals surface area (Å²) >= 11 is 0. The molecule has 0 saturated carbocycles. The number of aromatic amines is 3. The molecule has 0 saturated heterocycles. The number of fused-ring (bicyclic) bond motifs is 1. The maximum absolute atomic E-state index is 12.1. The number of hydrogen-bond acceptors (Lipinski definition) is 4. The van der Waals surface area contributed by atoms with Crippen LogP contribution in [0.2, 0.25) is 0 Å². The van der Waals surface area contributed by atoms with Gasteiger partial charge in [0, 0.05) is 0 Å². The maximum Gasteiger partial charge on any atom is 0.327 e. The third-order valence-corrected chi connectivity index (χ3v) is 4.22. The molecule has 2 aromatic heterocycles. The number of unbranched alkanes of at least 4 members (excludes halogenated alkanes) is 3. The van der Waals surface area contributed by atoms with Gasteiger partial charge in [0.25, 0.3) is 5.56 Å². The van der Waals surface area contributed by atoms with Crippen LogP contribution < -0.4 is 11.2 Å². The molecular weight excluding hydrogens is 284 g/mol. The van der Waals surface area contributed by atoms with Crippen molar-refractivity contribution in [2.75, 3.05) is 0 Å². The number of nitrogens with one attached hydrogen (secondary N) is 3. The molecule has 0 amide bonds. The number of carbonyl (C=O) groups is 1. The number of ketones is 1. The van der Waals surface area contributed by atoms with Crippen molar-refractivity contribution in [3.63, 3.8) is 0 Å². The fourth-order valence-electron chi connectivity index (χ4n) is 2.56. The van der Waals surface area contributed by atoms with Gasteiger partial charge in [-0.15, -0.1) is 0 Å². The van der Waals surface area contributed by atoms with E-state index in [1.54, 1.807) is 0 Å². The molecule has 0 radical (unpaired) electrons. The van der Waals surface area contributed by atoms with Crippen molar-refractivity contribution in [3.05, 3.63) is 26.7 Å². The number of H-pyrrole nitrogens is 3. The van der Waals surface area contributed by atoms with Crippen LogP contribution in [-0.2, 0) is 10.2 Å². The van der Waals surface area contributed by atoms with E-state index in [-0.39, 0.29) is 16.9 Å². The molecule has 0 aliphatic heterocycles. The predicted molar refractivity (Wildman–Crippen MR) is 84.1 cm³/mol. The lowest BCUT2D eigenvalue weighted by atomic mass is 9.80. The Morgan fingerprint density at radius 3 is 2.50 bits per heavy atom. The van der Waals surface area contributed by atoms with Crippen LogP contribution in [0.5, 0.6) is 0 Å². The van der Waals surface area contributed by atoms with E-state index in [0.29, 0.717) is 12.2 Å². The summed E-state index contributed by atoms with van der Waals surface area (Å²) < 4.78 is 0. The fourth-order valence-corrected chi connectivity index (χ4v) is 2.56. The van der Waals surface area contributed by atoms with E-state index in [4.69, 9.17) is 0 Å². The molecule has 7 heteroatoms. The zero-order valence-electron chi connectivity index (χ0n) is 13.2. The van der Waals surface area contributed by atoms with Crippen molar-refractivity contribution < 1.29 is 4.79 Å². The molecule has 0 aliphatic carbocycles. The molecule has 3 N–H and O–H groups in total. The Labute approximate surface area is 127 Å². The van der Waals surface area contributed by atoms with E-state index in [0.717, 1.165) is 25.7 Å². The third kappa shape index (κ3) is 3.03. The molecule has 0 fully saturated rings. The Morgan fingerprint density at radius 2 is 1.86 bits per heavy atom. The Balaban J connectivity index is 2.40. The molecule has 120 valence electrons. The zero-order valence-corrected chi connectivity index (χ0v) is 13.2. The van der Waals surface area contributed by atoms with Crippen LogP contribution in [0, 0.1) is 0 Å². The smallest absolute Gasteiger partial charge is 0.327 e. The van der Waals surface area contributed by atoms with Crippen molar-refractivity contribution in [1.82, 2.24) is 19.9 Å². The van der Waals surface area contributed by atoms with Gasteiger partial charge in [0.1, 0.15) is 17.1 Å². The summed E-state index contributed by atoms with van der Waals surface area (Å²) in [5, 5.41) is 0. The monoisotopic (exact) mass is 306 g/mol. The molecule has 0 aliphatic rings. The van der Waals surface area contributed by atoms with E-state index in [2.05, 4.69) is 26.9 Å². The summed E-state index contributed by atoms with van der Waals surface area (Å²) in [5.74, 6) is 0.417. The fraction of sp³-hybridized carbons (Fsp3) is 0.600. The highest BCUT2D eigenvalue weighted by Gasteiger charge is 2.35.